The van der Waals surface area contributed by atoms with E-state index >= 15 is 0 Å². The average Bonchev–Trinajstić information content (AvgIpc) is 2.70. The van der Waals surface area contributed by atoms with E-state index in [2.05, 4.69) is 10.3 Å². The zero-order valence-electron chi connectivity index (χ0n) is 11.9. The van der Waals surface area contributed by atoms with Crippen molar-refractivity contribution in [3.63, 3.8) is 0 Å². The molecule has 4 nitrogen and oxygen atoms in total. The van der Waals surface area contributed by atoms with Gasteiger partial charge in [0.2, 0.25) is 5.91 Å². The second kappa shape index (κ2) is 6.26. The van der Waals surface area contributed by atoms with Gasteiger partial charge < -0.3 is 11.1 Å². The molecule has 110 valence electrons. The number of carbonyl (C=O) groups is 1. The van der Waals surface area contributed by atoms with Crippen molar-refractivity contribution >= 4 is 28.1 Å². The van der Waals surface area contributed by atoms with Crippen molar-refractivity contribution in [3.05, 3.63) is 40.4 Å². The molecule has 0 fully saturated rings. The summed E-state index contributed by atoms with van der Waals surface area (Å²) in [4.78, 5) is 18.0. The van der Waals surface area contributed by atoms with Crippen LogP contribution in [0.4, 0.5) is 10.8 Å². The molecular formula is C16H19N3OS. The Hall–Kier alpha value is -1.88. The van der Waals surface area contributed by atoms with Gasteiger partial charge in [0.25, 0.3) is 0 Å². The average molecular weight is 301 g/mol. The van der Waals surface area contributed by atoms with Gasteiger partial charge in [0.15, 0.2) is 5.13 Å². The molecule has 3 rings (SSSR count). The van der Waals surface area contributed by atoms with Crippen molar-refractivity contribution in [3.8, 4) is 0 Å². The molecule has 0 radical (unpaired) electrons. The topological polar surface area (TPSA) is 68.0 Å². The van der Waals surface area contributed by atoms with Crippen LogP contribution in [0.5, 0.6) is 0 Å². The van der Waals surface area contributed by atoms with Crippen molar-refractivity contribution in [2.24, 2.45) is 0 Å². The summed E-state index contributed by atoms with van der Waals surface area (Å²) in [5.41, 5.74) is 8.49. The first kappa shape index (κ1) is 14.1. The van der Waals surface area contributed by atoms with E-state index in [1.165, 1.54) is 29.8 Å². The van der Waals surface area contributed by atoms with Gasteiger partial charge in [-0.05, 0) is 43.4 Å². The fourth-order valence-electron chi connectivity index (χ4n) is 2.57. The number of nitrogen functional groups attached to an aromatic ring is 1. The third kappa shape index (κ3) is 3.61. The summed E-state index contributed by atoms with van der Waals surface area (Å²) in [5, 5.41) is 3.66. The molecule has 5 heteroatoms. The minimum absolute atomic E-state index is 0.0244. The molecule has 0 saturated heterocycles. The second-order valence-corrected chi connectivity index (χ2v) is 6.50. The number of thiazole rings is 1. The number of hydrogen-bond donors (Lipinski definition) is 2. The molecule has 0 atom stereocenters. The number of nitrogens with zero attached hydrogens (tertiary/aromatic N) is 1. The molecule has 0 aliphatic heterocycles. The number of aromatic nitrogens is 1. The fraction of sp³-hybridized carbons (Fsp3) is 0.375. The Morgan fingerprint density at radius 3 is 2.76 bits per heavy atom. The Bertz CT molecular complexity index is 610. The molecule has 1 heterocycles. The van der Waals surface area contributed by atoms with Crippen LogP contribution in [0.1, 0.15) is 35.4 Å². The summed E-state index contributed by atoms with van der Waals surface area (Å²) in [6.45, 7) is 0. The highest BCUT2D eigenvalue weighted by molar-refractivity contribution is 7.15. The molecule has 21 heavy (non-hydrogen) atoms. The monoisotopic (exact) mass is 301 g/mol. The summed E-state index contributed by atoms with van der Waals surface area (Å²) in [6, 6.07) is 7.39. The van der Waals surface area contributed by atoms with Crippen LogP contribution in [0.2, 0.25) is 0 Å². The van der Waals surface area contributed by atoms with Crippen LogP contribution in [-0.4, -0.2) is 10.9 Å². The molecule has 2 aromatic rings. The lowest BCUT2D eigenvalue weighted by molar-refractivity contribution is -0.115. The largest absolute Gasteiger partial charge is 0.399 e. The Morgan fingerprint density at radius 1 is 1.19 bits per heavy atom. The highest BCUT2D eigenvalue weighted by atomic mass is 32.1. The molecule has 1 aromatic heterocycles. The molecule has 3 N–H and O–H groups in total. The number of aryl methyl sites for hydroxylation is 2. The van der Waals surface area contributed by atoms with Gasteiger partial charge in [-0.25, -0.2) is 4.98 Å². The van der Waals surface area contributed by atoms with E-state index in [-0.39, 0.29) is 5.91 Å². The van der Waals surface area contributed by atoms with Crippen LogP contribution in [0.15, 0.2) is 24.3 Å². The highest BCUT2D eigenvalue weighted by Gasteiger charge is 2.15. The Balaban J connectivity index is 1.63. The van der Waals surface area contributed by atoms with Crippen molar-refractivity contribution < 1.29 is 4.79 Å². The maximum atomic E-state index is 12.1. The van der Waals surface area contributed by atoms with E-state index in [1.54, 1.807) is 11.3 Å². The maximum Gasteiger partial charge on any atom is 0.230 e. The fourth-order valence-corrected chi connectivity index (χ4v) is 3.63. The molecular weight excluding hydrogens is 282 g/mol. The van der Waals surface area contributed by atoms with E-state index in [1.807, 2.05) is 24.3 Å². The van der Waals surface area contributed by atoms with Crippen molar-refractivity contribution in [1.82, 2.24) is 4.98 Å². The maximum absolute atomic E-state index is 12.1. The normalized spacial score (nSPS) is 14.3. The van der Waals surface area contributed by atoms with Crippen molar-refractivity contribution in [2.45, 2.75) is 38.5 Å². The molecule has 0 bridgehead atoms. The second-order valence-electron chi connectivity index (χ2n) is 5.42. The lowest BCUT2D eigenvalue weighted by Gasteiger charge is -2.02. The third-order valence-electron chi connectivity index (χ3n) is 3.69. The zero-order chi connectivity index (χ0) is 14.7. The highest BCUT2D eigenvalue weighted by Crippen LogP contribution is 2.28. The third-order valence-corrected chi connectivity index (χ3v) is 4.76. The molecule has 1 amide bonds. The number of carbonyl (C=O) groups excluding carboxylic acids is 1. The quantitative estimate of drug-likeness (QED) is 0.676. The summed E-state index contributed by atoms with van der Waals surface area (Å²) in [7, 11) is 0. The zero-order valence-corrected chi connectivity index (χ0v) is 12.7. The van der Waals surface area contributed by atoms with E-state index < -0.39 is 0 Å². The first-order valence-corrected chi connectivity index (χ1v) is 8.15. The number of amides is 1. The minimum atomic E-state index is -0.0244. The van der Waals surface area contributed by atoms with Gasteiger partial charge in [0, 0.05) is 10.6 Å². The van der Waals surface area contributed by atoms with Crippen LogP contribution in [0.3, 0.4) is 0 Å². The van der Waals surface area contributed by atoms with Crippen LogP contribution in [-0.2, 0) is 24.1 Å². The standard InChI is InChI=1S/C16H19N3OS/c17-12-8-6-11(7-9-12)10-15(20)19-16-18-13-4-2-1-3-5-14(13)21-16/h6-9H,1-5,10,17H2,(H,18,19,20). The molecule has 0 saturated carbocycles. The van der Waals surface area contributed by atoms with Crippen LogP contribution < -0.4 is 11.1 Å². The van der Waals surface area contributed by atoms with E-state index in [4.69, 9.17) is 5.73 Å². The number of hydrogen-bond acceptors (Lipinski definition) is 4. The van der Waals surface area contributed by atoms with Gasteiger partial charge in [0.05, 0.1) is 12.1 Å². The Morgan fingerprint density at radius 2 is 1.95 bits per heavy atom. The van der Waals surface area contributed by atoms with Crippen molar-refractivity contribution in [2.75, 3.05) is 11.1 Å². The van der Waals surface area contributed by atoms with Crippen LogP contribution in [0, 0.1) is 0 Å². The minimum Gasteiger partial charge on any atom is -0.399 e. The number of fused-ring (bicyclic) bond motifs is 1. The van der Waals surface area contributed by atoms with Gasteiger partial charge in [-0.15, -0.1) is 11.3 Å². The molecule has 1 aromatic carbocycles. The van der Waals surface area contributed by atoms with E-state index in [0.717, 1.165) is 23.5 Å². The number of nitrogens with one attached hydrogen (secondary N) is 1. The van der Waals surface area contributed by atoms with Gasteiger partial charge in [-0.3, -0.25) is 4.79 Å². The summed E-state index contributed by atoms with van der Waals surface area (Å²) in [5.74, 6) is -0.0244. The summed E-state index contributed by atoms with van der Waals surface area (Å²) < 4.78 is 0. The van der Waals surface area contributed by atoms with Crippen molar-refractivity contribution in [1.29, 1.82) is 0 Å². The number of rotatable bonds is 3. The Kier molecular flexibility index (Phi) is 4.20. The Labute approximate surface area is 128 Å². The van der Waals surface area contributed by atoms with Gasteiger partial charge in [0.1, 0.15) is 0 Å². The molecule has 1 aliphatic rings. The lowest BCUT2D eigenvalue weighted by atomic mass is 10.1. The number of benzene rings is 1. The first-order valence-electron chi connectivity index (χ1n) is 7.33. The predicted molar refractivity (Wildman–Crippen MR) is 86.6 cm³/mol. The summed E-state index contributed by atoms with van der Waals surface area (Å²) >= 11 is 1.63. The number of anilines is 2. The SMILES string of the molecule is Nc1ccc(CC(=O)Nc2nc3c(s2)CCCCC3)cc1. The van der Waals surface area contributed by atoms with Gasteiger partial charge in [-0.1, -0.05) is 18.6 Å². The molecule has 1 aliphatic carbocycles. The van der Waals surface area contributed by atoms with Gasteiger partial charge >= 0.3 is 0 Å². The lowest BCUT2D eigenvalue weighted by Crippen LogP contribution is -2.14. The van der Waals surface area contributed by atoms with Crippen LogP contribution in [0.25, 0.3) is 0 Å². The smallest absolute Gasteiger partial charge is 0.230 e. The van der Waals surface area contributed by atoms with E-state index in [0.29, 0.717) is 12.1 Å². The first-order chi connectivity index (χ1) is 10.2. The summed E-state index contributed by atoms with van der Waals surface area (Å²) in [6.07, 6.45) is 6.20. The number of nitrogens with two attached hydrogens (primary N) is 1. The molecule has 0 spiro atoms. The van der Waals surface area contributed by atoms with Gasteiger partial charge in [-0.2, -0.15) is 0 Å². The van der Waals surface area contributed by atoms with E-state index in [9.17, 15) is 4.79 Å². The predicted octanol–water partition coefficient (Wildman–Crippen LogP) is 3.18. The molecule has 0 unspecified atom stereocenters. The van der Waals surface area contributed by atoms with Crippen LogP contribution >= 0.6 is 11.3 Å².